The molecule has 1 saturated heterocycles. The molecule has 1 aliphatic heterocycles. The fourth-order valence-corrected chi connectivity index (χ4v) is 3.07. The Hall–Kier alpha value is -1.35. The second kappa shape index (κ2) is 4.97. The molecule has 19 heavy (non-hydrogen) atoms. The van der Waals surface area contributed by atoms with E-state index in [-0.39, 0.29) is 5.82 Å². The molecule has 1 N–H and O–H groups in total. The van der Waals surface area contributed by atoms with Gasteiger partial charge in [0, 0.05) is 24.2 Å². The summed E-state index contributed by atoms with van der Waals surface area (Å²) in [7, 11) is 1.99. The van der Waals surface area contributed by atoms with Gasteiger partial charge < -0.3 is 9.88 Å². The highest BCUT2D eigenvalue weighted by Gasteiger charge is 2.17. The van der Waals surface area contributed by atoms with Crippen molar-refractivity contribution in [1.82, 2.24) is 9.88 Å². The van der Waals surface area contributed by atoms with Crippen molar-refractivity contribution in [3.63, 3.8) is 0 Å². The second-order valence-electron chi connectivity index (χ2n) is 5.67. The number of halogens is 1. The third-order valence-electron chi connectivity index (χ3n) is 4.36. The molecule has 0 aliphatic carbocycles. The Labute approximate surface area is 113 Å². The smallest absolute Gasteiger partial charge is 0.135 e. The van der Waals surface area contributed by atoms with Crippen molar-refractivity contribution >= 4 is 10.9 Å². The lowest BCUT2D eigenvalue weighted by Crippen LogP contribution is -2.35. The van der Waals surface area contributed by atoms with E-state index in [4.69, 9.17) is 0 Å². The van der Waals surface area contributed by atoms with Crippen LogP contribution in [-0.2, 0) is 13.5 Å². The normalized spacial score (nSPS) is 20.1. The first-order valence-corrected chi connectivity index (χ1v) is 7.13. The van der Waals surface area contributed by atoms with Crippen molar-refractivity contribution in [2.24, 2.45) is 7.05 Å². The number of nitrogens with one attached hydrogen (secondary N) is 1. The molecular formula is C16H21FN2. The largest absolute Gasteiger partial charge is 0.348 e. The van der Waals surface area contributed by atoms with Crippen LogP contribution < -0.4 is 5.32 Å². The maximum absolute atomic E-state index is 14.6. The average Bonchev–Trinajstić information content (AvgIpc) is 2.71. The van der Waals surface area contributed by atoms with Crippen molar-refractivity contribution in [2.75, 3.05) is 6.54 Å². The standard InChI is InChI=1S/C16H21FN2/c1-11-9-14-15(19(11)2)7-6-12(16(14)17)10-13-5-3-4-8-18-13/h6-7,9,13,18H,3-5,8,10H2,1-2H3. The van der Waals surface area contributed by atoms with Crippen LogP contribution in [0.3, 0.4) is 0 Å². The van der Waals surface area contributed by atoms with Gasteiger partial charge in [-0.1, -0.05) is 12.5 Å². The van der Waals surface area contributed by atoms with Crippen LogP contribution in [-0.4, -0.2) is 17.2 Å². The van der Waals surface area contributed by atoms with Crippen LogP contribution >= 0.6 is 0 Å². The van der Waals surface area contributed by atoms with Gasteiger partial charge in [0.15, 0.2) is 0 Å². The third kappa shape index (κ3) is 2.27. The van der Waals surface area contributed by atoms with Crippen LogP contribution in [0.25, 0.3) is 10.9 Å². The first-order chi connectivity index (χ1) is 9.16. The zero-order chi connectivity index (χ0) is 13.4. The van der Waals surface area contributed by atoms with E-state index < -0.39 is 0 Å². The van der Waals surface area contributed by atoms with Gasteiger partial charge in [-0.05, 0) is 50.4 Å². The lowest BCUT2D eigenvalue weighted by molar-refractivity contribution is 0.395. The molecule has 1 aromatic heterocycles. The predicted octanol–water partition coefficient (Wildman–Crippen LogP) is 3.31. The molecule has 0 saturated carbocycles. The fraction of sp³-hybridized carbons (Fsp3) is 0.500. The Morgan fingerprint density at radius 1 is 1.37 bits per heavy atom. The Balaban J connectivity index is 1.93. The molecule has 2 heterocycles. The molecule has 1 unspecified atom stereocenters. The van der Waals surface area contributed by atoms with E-state index in [0.29, 0.717) is 6.04 Å². The van der Waals surface area contributed by atoms with Crippen LogP contribution in [0.5, 0.6) is 0 Å². The zero-order valence-electron chi connectivity index (χ0n) is 11.7. The van der Waals surface area contributed by atoms with Gasteiger partial charge in [0.2, 0.25) is 0 Å². The number of fused-ring (bicyclic) bond motifs is 1. The summed E-state index contributed by atoms with van der Waals surface area (Å²) in [5.41, 5.74) is 2.93. The van der Waals surface area contributed by atoms with Crippen molar-refractivity contribution in [3.05, 3.63) is 35.3 Å². The van der Waals surface area contributed by atoms with Crippen molar-refractivity contribution in [3.8, 4) is 0 Å². The molecule has 2 nitrogen and oxygen atoms in total. The summed E-state index contributed by atoms with van der Waals surface area (Å²) in [6.45, 7) is 3.08. The molecule has 1 atom stereocenters. The van der Waals surface area contributed by atoms with E-state index in [1.54, 1.807) is 0 Å². The first-order valence-electron chi connectivity index (χ1n) is 7.13. The number of aryl methyl sites for hydroxylation is 2. The summed E-state index contributed by atoms with van der Waals surface area (Å²) >= 11 is 0. The molecule has 0 radical (unpaired) electrons. The van der Waals surface area contributed by atoms with Crippen LogP contribution in [0.4, 0.5) is 4.39 Å². The van der Waals surface area contributed by atoms with E-state index in [1.165, 1.54) is 12.8 Å². The maximum atomic E-state index is 14.6. The first kappa shape index (κ1) is 12.7. The van der Waals surface area contributed by atoms with E-state index in [1.807, 2.05) is 36.7 Å². The van der Waals surface area contributed by atoms with Gasteiger partial charge in [-0.25, -0.2) is 4.39 Å². The van der Waals surface area contributed by atoms with Gasteiger partial charge in [-0.3, -0.25) is 0 Å². The number of piperidine rings is 1. The van der Waals surface area contributed by atoms with Crippen LogP contribution in [0.2, 0.25) is 0 Å². The molecule has 102 valence electrons. The minimum Gasteiger partial charge on any atom is -0.348 e. The Kier molecular flexibility index (Phi) is 3.31. The average molecular weight is 260 g/mol. The van der Waals surface area contributed by atoms with Crippen molar-refractivity contribution < 1.29 is 4.39 Å². The van der Waals surface area contributed by atoms with Crippen LogP contribution in [0.1, 0.15) is 30.5 Å². The minimum absolute atomic E-state index is 0.0337. The summed E-state index contributed by atoms with van der Waals surface area (Å²) in [5.74, 6) is -0.0337. The summed E-state index contributed by atoms with van der Waals surface area (Å²) in [6, 6.07) is 6.38. The van der Waals surface area contributed by atoms with Gasteiger partial charge in [-0.15, -0.1) is 0 Å². The Morgan fingerprint density at radius 3 is 2.95 bits per heavy atom. The molecule has 1 fully saturated rings. The highest BCUT2D eigenvalue weighted by molar-refractivity contribution is 5.82. The predicted molar refractivity (Wildman–Crippen MR) is 77.0 cm³/mol. The van der Waals surface area contributed by atoms with Gasteiger partial charge >= 0.3 is 0 Å². The number of rotatable bonds is 2. The highest BCUT2D eigenvalue weighted by Crippen LogP contribution is 2.25. The van der Waals surface area contributed by atoms with Crippen LogP contribution in [0.15, 0.2) is 18.2 Å². The molecule has 2 aromatic rings. The van der Waals surface area contributed by atoms with E-state index >= 15 is 0 Å². The Morgan fingerprint density at radius 2 is 2.21 bits per heavy atom. The molecule has 3 heteroatoms. The van der Waals surface area contributed by atoms with Gasteiger partial charge in [0.1, 0.15) is 5.82 Å². The number of benzene rings is 1. The molecule has 1 aliphatic rings. The van der Waals surface area contributed by atoms with Gasteiger partial charge in [-0.2, -0.15) is 0 Å². The molecule has 1 aromatic carbocycles. The zero-order valence-corrected chi connectivity index (χ0v) is 11.7. The lowest BCUT2D eigenvalue weighted by atomic mass is 9.97. The third-order valence-corrected chi connectivity index (χ3v) is 4.36. The maximum Gasteiger partial charge on any atom is 0.135 e. The van der Waals surface area contributed by atoms with Gasteiger partial charge in [0.25, 0.3) is 0 Å². The molecule has 3 rings (SSSR count). The highest BCUT2D eigenvalue weighted by atomic mass is 19.1. The number of aromatic nitrogens is 1. The quantitative estimate of drug-likeness (QED) is 0.876. The van der Waals surface area contributed by atoms with Crippen molar-refractivity contribution in [1.29, 1.82) is 0 Å². The Bertz CT molecular complexity index is 594. The summed E-state index contributed by atoms with van der Waals surface area (Å²) in [5, 5.41) is 4.25. The van der Waals surface area contributed by atoms with E-state index in [2.05, 4.69) is 5.32 Å². The second-order valence-corrected chi connectivity index (χ2v) is 5.67. The molecule has 0 bridgehead atoms. The van der Waals surface area contributed by atoms with Crippen LogP contribution in [0, 0.1) is 12.7 Å². The number of nitrogens with zero attached hydrogens (tertiary/aromatic N) is 1. The number of hydrogen-bond donors (Lipinski definition) is 1. The molecule has 0 amide bonds. The minimum atomic E-state index is -0.0337. The summed E-state index contributed by atoms with van der Waals surface area (Å²) < 4.78 is 16.6. The lowest BCUT2D eigenvalue weighted by Gasteiger charge is -2.23. The number of hydrogen-bond acceptors (Lipinski definition) is 1. The fourth-order valence-electron chi connectivity index (χ4n) is 3.07. The summed E-state index contributed by atoms with van der Waals surface area (Å²) in [6.07, 6.45) is 4.46. The monoisotopic (exact) mass is 260 g/mol. The van der Waals surface area contributed by atoms with Gasteiger partial charge in [0.05, 0.1) is 5.52 Å². The SMILES string of the molecule is Cc1cc2c(F)c(CC3CCCCN3)ccc2n1C. The van der Waals surface area contributed by atoms with E-state index in [9.17, 15) is 4.39 Å². The van der Waals surface area contributed by atoms with E-state index in [0.717, 1.165) is 41.5 Å². The molecular weight excluding hydrogens is 239 g/mol. The van der Waals surface area contributed by atoms with Crippen molar-refractivity contribution in [2.45, 2.75) is 38.6 Å². The summed E-state index contributed by atoms with van der Waals surface area (Å²) in [4.78, 5) is 0. The molecule has 0 spiro atoms. The topological polar surface area (TPSA) is 17.0 Å².